The Labute approximate surface area is 325 Å². The van der Waals surface area contributed by atoms with Gasteiger partial charge in [0.05, 0.1) is 38.0 Å². The Morgan fingerprint density at radius 3 is 2.29 bits per heavy atom. The Morgan fingerprint density at radius 1 is 0.982 bits per heavy atom. The van der Waals surface area contributed by atoms with Crippen LogP contribution in [0.4, 0.5) is 18.9 Å². The van der Waals surface area contributed by atoms with Crippen molar-refractivity contribution in [3.8, 4) is 17.2 Å². The van der Waals surface area contributed by atoms with Crippen LogP contribution < -0.4 is 18.5 Å². The van der Waals surface area contributed by atoms with Crippen molar-refractivity contribution in [2.75, 3.05) is 52.3 Å². The Morgan fingerprint density at radius 2 is 1.68 bits per heavy atom. The van der Waals surface area contributed by atoms with Gasteiger partial charge in [0.2, 0.25) is 5.91 Å². The van der Waals surface area contributed by atoms with Gasteiger partial charge in [0.15, 0.2) is 11.3 Å². The number of carboxylic acids is 1. The lowest BCUT2D eigenvalue weighted by Gasteiger charge is -2.42. The van der Waals surface area contributed by atoms with Gasteiger partial charge in [0.1, 0.15) is 16.4 Å². The summed E-state index contributed by atoms with van der Waals surface area (Å²) < 4.78 is 86.3. The second-order valence-corrected chi connectivity index (χ2v) is 16.2. The highest BCUT2D eigenvalue weighted by atomic mass is 35.5. The number of likely N-dealkylation sites (N-methyl/N-ethyl adjacent to an activating group) is 1. The predicted octanol–water partition coefficient (Wildman–Crippen LogP) is 4.05. The molecular weight excluding hydrogens is 785 g/mol. The number of fused-ring (bicyclic) bond motifs is 1. The molecule has 3 aromatic rings. The van der Waals surface area contributed by atoms with Crippen LogP contribution in [0, 0.1) is 5.92 Å². The molecule has 2 fully saturated rings. The SMILES string of the molecule is COc1ccc(S(=O)(=O)N2C(=O)C(c3cc(CN4CCC(C(=O)O)CC4)ccc3OC)(N3C[C@H](O)C[C@H]3C(=O)N(C)C)c3cc(Cl)ccc32)c(OC(F)(F)F)c1. The van der Waals surface area contributed by atoms with E-state index in [1.54, 1.807) is 18.2 Å². The number of sulfonamides is 1. The van der Waals surface area contributed by atoms with Gasteiger partial charge < -0.3 is 29.3 Å². The number of carbonyl (C=O) groups excluding carboxylic acids is 2. The average Bonchev–Trinajstić information content (AvgIpc) is 3.64. The van der Waals surface area contributed by atoms with Crippen molar-refractivity contribution in [3.05, 3.63) is 76.3 Å². The number of halogens is 4. The maximum absolute atomic E-state index is 15.7. The Bertz CT molecular complexity index is 2150. The van der Waals surface area contributed by atoms with E-state index in [0.29, 0.717) is 35.8 Å². The number of anilines is 1. The molecule has 56 heavy (non-hydrogen) atoms. The number of likely N-dealkylation sites (tertiary alicyclic amines) is 2. The molecular formula is C37H40ClF3N4O10S. The Kier molecular flexibility index (Phi) is 11.3. The van der Waals surface area contributed by atoms with Crippen molar-refractivity contribution in [3.63, 3.8) is 0 Å². The number of hydrogen-bond acceptors (Lipinski definition) is 11. The molecule has 19 heteroatoms. The van der Waals surface area contributed by atoms with Gasteiger partial charge in [0.25, 0.3) is 15.9 Å². The first kappa shape index (κ1) is 41.0. The zero-order valence-electron chi connectivity index (χ0n) is 30.7. The van der Waals surface area contributed by atoms with Crippen molar-refractivity contribution in [2.45, 2.75) is 54.7 Å². The number of hydrogen-bond donors (Lipinski definition) is 2. The molecule has 6 rings (SSSR count). The zero-order valence-corrected chi connectivity index (χ0v) is 32.3. The minimum Gasteiger partial charge on any atom is -0.497 e. The number of nitrogens with zero attached hydrogens (tertiary/aromatic N) is 4. The molecule has 0 bridgehead atoms. The lowest BCUT2D eigenvalue weighted by atomic mass is 9.80. The molecule has 3 aliphatic heterocycles. The smallest absolute Gasteiger partial charge is 0.497 e. The van der Waals surface area contributed by atoms with Crippen LogP contribution >= 0.6 is 11.6 Å². The molecule has 0 radical (unpaired) electrons. The van der Waals surface area contributed by atoms with Crippen LogP contribution in [-0.2, 0) is 36.5 Å². The van der Waals surface area contributed by atoms with Gasteiger partial charge in [-0.05, 0) is 80.4 Å². The van der Waals surface area contributed by atoms with Crippen LogP contribution in [0.5, 0.6) is 17.2 Å². The fraction of sp³-hybridized carbons (Fsp3) is 0.432. The average molecular weight is 825 g/mol. The molecule has 2 saturated heterocycles. The van der Waals surface area contributed by atoms with Crippen LogP contribution in [0.15, 0.2) is 59.5 Å². The second kappa shape index (κ2) is 15.4. The summed E-state index contributed by atoms with van der Waals surface area (Å²) in [6, 6.07) is 10.2. The molecule has 14 nitrogen and oxygen atoms in total. The number of rotatable bonds is 11. The normalized spacial score (nSPS) is 22.2. The molecule has 0 aliphatic carbocycles. The fourth-order valence-electron chi connectivity index (χ4n) is 7.86. The summed E-state index contributed by atoms with van der Waals surface area (Å²) in [5, 5.41) is 20.7. The third-order valence-electron chi connectivity index (χ3n) is 10.4. The molecule has 1 unspecified atom stereocenters. The van der Waals surface area contributed by atoms with Crippen molar-refractivity contribution < 1.29 is 60.4 Å². The van der Waals surface area contributed by atoms with Crippen LogP contribution in [0.3, 0.4) is 0 Å². The molecule has 3 atom stereocenters. The van der Waals surface area contributed by atoms with Gasteiger partial charge in [-0.15, -0.1) is 13.2 Å². The summed E-state index contributed by atoms with van der Waals surface area (Å²) in [5.41, 5.74) is -1.95. The van der Waals surface area contributed by atoms with E-state index in [2.05, 4.69) is 4.74 Å². The molecule has 0 saturated carbocycles. The molecule has 2 amide bonds. The molecule has 0 aromatic heterocycles. The predicted molar refractivity (Wildman–Crippen MR) is 195 cm³/mol. The lowest BCUT2D eigenvalue weighted by molar-refractivity contribution is -0.275. The van der Waals surface area contributed by atoms with Crippen molar-refractivity contribution in [1.29, 1.82) is 0 Å². The highest BCUT2D eigenvalue weighted by Gasteiger charge is 2.64. The molecule has 302 valence electrons. The zero-order chi connectivity index (χ0) is 40.9. The summed E-state index contributed by atoms with van der Waals surface area (Å²) in [7, 11) is 0.151. The van der Waals surface area contributed by atoms with Gasteiger partial charge >= 0.3 is 12.3 Å². The van der Waals surface area contributed by atoms with Crippen LogP contribution in [0.2, 0.25) is 5.02 Å². The van der Waals surface area contributed by atoms with Gasteiger partial charge in [0, 0.05) is 49.4 Å². The fourth-order valence-corrected chi connectivity index (χ4v) is 9.59. The van der Waals surface area contributed by atoms with E-state index in [-0.39, 0.29) is 52.8 Å². The maximum atomic E-state index is 15.7. The number of alkyl halides is 3. The van der Waals surface area contributed by atoms with Gasteiger partial charge in [-0.25, -0.2) is 12.7 Å². The topological polar surface area (TPSA) is 166 Å². The number of amides is 2. The van der Waals surface area contributed by atoms with Gasteiger partial charge in [-0.1, -0.05) is 17.7 Å². The number of piperidine rings is 1. The number of ether oxygens (including phenoxy) is 3. The third-order valence-corrected chi connectivity index (χ3v) is 12.4. The van der Waals surface area contributed by atoms with E-state index >= 15 is 4.79 Å². The van der Waals surface area contributed by atoms with Crippen LogP contribution in [0.25, 0.3) is 0 Å². The number of aliphatic carboxylic acids is 1. The summed E-state index contributed by atoms with van der Waals surface area (Å²) in [6.07, 6.45) is -5.87. The van der Waals surface area contributed by atoms with E-state index in [9.17, 15) is 41.4 Å². The van der Waals surface area contributed by atoms with E-state index in [1.165, 1.54) is 49.2 Å². The number of carboxylic acid groups (broad SMARTS) is 1. The van der Waals surface area contributed by atoms with Crippen molar-refractivity contribution in [1.82, 2.24) is 14.7 Å². The standard InChI is InChI=1S/C37H40ClF3N4O10S/c1-42(2)33(47)29-17-24(46)20-44(29)36(27-15-21(5-9-30(27)54-4)19-43-13-11-22(12-14-43)34(48)49)26-16-23(38)6-8-28(26)45(35(36)50)56(51,52)32-10-7-25(53-3)18-31(32)55-37(39,40)41/h5-10,15-16,18,22,24,29,46H,11-14,17,19-20H2,1-4H3,(H,48,49)/t24-,29+,36?/m1/s1. The minimum atomic E-state index is -5.34. The second-order valence-electron chi connectivity index (χ2n) is 14.0. The largest absolute Gasteiger partial charge is 0.573 e. The number of carbonyl (C=O) groups is 3. The first-order valence-electron chi connectivity index (χ1n) is 17.5. The van der Waals surface area contributed by atoms with E-state index < -0.39 is 68.4 Å². The molecule has 3 aliphatic rings. The number of aliphatic hydroxyl groups excluding tert-OH is 1. The summed E-state index contributed by atoms with van der Waals surface area (Å²) in [4.78, 5) is 44.9. The number of aliphatic hydroxyl groups is 1. The molecule has 3 heterocycles. The summed E-state index contributed by atoms with van der Waals surface area (Å²) in [5.74, 6) is -4.36. The molecule has 0 spiro atoms. The number of β-amino-alcohol motifs (C(OH)–C–C–N with tert-alkyl or cyclic N) is 1. The van der Waals surface area contributed by atoms with Crippen LogP contribution in [0.1, 0.15) is 36.0 Å². The third kappa shape index (κ3) is 7.35. The quantitative estimate of drug-likeness (QED) is 0.285. The van der Waals surface area contributed by atoms with Crippen LogP contribution in [-0.4, -0.2) is 118 Å². The highest BCUT2D eigenvalue weighted by Crippen LogP contribution is 2.55. The minimum absolute atomic E-state index is 0.0474. The molecule has 2 N–H and O–H groups in total. The first-order valence-corrected chi connectivity index (χ1v) is 19.3. The van der Waals surface area contributed by atoms with E-state index in [4.69, 9.17) is 21.1 Å². The Hall–Kier alpha value is -4.62. The van der Waals surface area contributed by atoms with Crippen molar-refractivity contribution in [2.24, 2.45) is 5.92 Å². The maximum Gasteiger partial charge on any atom is 0.573 e. The van der Waals surface area contributed by atoms with Gasteiger partial charge in [-0.2, -0.15) is 0 Å². The highest BCUT2D eigenvalue weighted by molar-refractivity contribution is 7.93. The summed E-state index contributed by atoms with van der Waals surface area (Å²) >= 11 is 6.59. The van der Waals surface area contributed by atoms with Gasteiger partial charge in [-0.3, -0.25) is 24.2 Å². The number of benzene rings is 3. The number of methoxy groups -OCH3 is 2. The van der Waals surface area contributed by atoms with E-state index in [1.807, 2.05) is 4.90 Å². The molecule has 3 aromatic carbocycles. The summed E-state index contributed by atoms with van der Waals surface area (Å²) in [6.45, 7) is 0.866. The first-order chi connectivity index (χ1) is 26.3. The van der Waals surface area contributed by atoms with Crippen molar-refractivity contribution >= 4 is 45.1 Å². The Balaban J connectivity index is 1.61. The lowest BCUT2D eigenvalue weighted by Crippen LogP contribution is -2.59. The van der Waals surface area contributed by atoms with E-state index in [0.717, 1.165) is 25.3 Å². The monoisotopic (exact) mass is 824 g/mol.